The zero-order chi connectivity index (χ0) is 12.0. The van der Waals surface area contributed by atoms with Crippen molar-refractivity contribution in [1.82, 2.24) is 0 Å². The minimum absolute atomic E-state index is 0.104. The Hall–Kier alpha value is -1.46. The Morgan fingerprint density at radius 3 is 2.25 bits per heavy atom. The van der Waals surface area contributed by atoms with E-state index in [0.717, 1.165) is 0 Å². The quantitative estimate of drug-likeness (QED) is 0.736. The zero-order valence-corrected chi connectivity index (χ0v) is 9.47. The van der Waals surface area contributed by atoms with Crippen LogP contribution in [-0.2, 0) is 0 Å². The summed E-state index contributed by atoms with van der Waals surface area (Å²) in [7, 11) is 3.09. The number of hydrogen-bond acceptors (Lipinski definition) is 5. The summed E-state index contributed by atoms with van der Waals surface area (Å²) in [5.74, 6) is 1.59. The molecule has 0 radical (unpaired) electrons. The van der Waals surface area contributed by atoms with E-state index < -0.39 is 6.10 Å². The predicted octanol–water partition coefficient (Wildman–Crippen LogP) is 0.402. The van der Waals surface area contributed by atoms with Gasteiger partial charge in [-0.1, -0.05) is 6.07 Å². The van der Waals surface area contributed by atoms with Gasteiger partial charge in [0.25, 0.3) is 0 Å². The molecular weight excluding hydrogens is 210 g/mol. The molecule has 0 bridgehead atoms. The van der Waals surface area contributed by atoms with Gasteiger partial charge in [0.2, 0.25) is 5.75 Å². The highest BCUT2D eigenvalue weighted by Crippen LogP contribution is 2.36. The second kappa shape index (κ2) is 6.19. The highest BCUT2D eigenvalue weighted by molar-refractivity contribution is 5.51. The largest absolute Gasteiger partial charge is 0.493 e. The summed E-state index contributed by atoms with van der Waals surface area (Å²) in [4.78, 5) is 0. The van der Waals surface area contributed by atoms with Crippen LogP contribution in [0.5, 0.6) is 17.2 Å². The maximum atomic E-state index is 9.31. The number of aliphatic hydroxyl groups is 1. The molecule has 0 aliphatic carbocycles. The minimum atomic E-state index is -0.699. The highest BCUT2D eigenvalue weighted by atomic mass is 16.5. The summed E-state index contributed by atoms with van der Waals surface area (Å²) in [6.45, 7) is 0.255. The van der Waals surface area contributed by atoms with Crippen molar-refractivity contribution in [2.24, 2.45) is 5.73 Å². The van der Waals surface area contributed by atoms with Crippen LogP contribution in [0.1, 0.15) is 0 Å². The molecule has 90 valence electrons. The lowest BCUT2D eigenvalue weighted by Gasteiger charge is -2.15. The van der Waals surface area contributed by atoms with E-state index in [1.165, 1.54) is 0 Å². The average Bonchev–Trinajstić information content (AvgIpc) is 2.35. The standard InChI is InChI=1S/C11H17NO4/c1-14-9-4-3-5-10(15-2)11(9)16-7-8(13)6-12/h3-5,8,13H,6-7,12H2,1-2H3. The lowest BCUT2D eigenvalue weighted by molar-refractivity contribution is 0.110. The van der Waals surface area contributed by atoms with Crippen LogP contribution in [0.25, 0.3) is 0 Å². The topological polar surface area (TPSA) is 73.9 Å². The average molecular weight is 227 g/mol. The molecule has 0 heterocycles. The summed E-state index contributed by atoms with van der Waals surface area (Å²) in [6.07, 6.45) is -0.699. The molecule has 5 heteroatoms. The van der Waals surface area contributed by atoms with Crippen LogP contribution < -0.4 is 19.9 Å². The normalized spacial score (nSPS) is 12.0. The molecule has 0 aliphatic heterocycles. The van der Waals surface area contributed by atoms with Gasteiger partial charge in [0, 0.05) is 6.54 Å². The fraction of sp³-hybridized carbons (Fsp3) is 0.455. The van der Waals surface area contributed by atoms with E-state index in [0.29, 0.717) is 17.2 Å². The third-order valence-corrected chi connectivity index (χ3v) is 2.07. The molecule has 0 aromatic heterocycles. The summed E-state index contributed by atoms with van der Waals surface area (Å²) in [6, 6.07) is 5.31. The van der Waals surface area contributed by atoms with E-state index in [-0.39, 0.29) is 13.2 Å². The molecule has 5 nitrogen and oxygen atoms in total. The summed E-state index contributed by atoms with van der Waals surface area (Å²) in [5.41, 5.74) is 5.28. The lowest BCUT2D eigenvalue weighted by atomic mass is 10.3. The van der Waals surface area contributed by atoms with Crippen molar-refractivity contribution >= 4 is 0 Å². The SMILES string of the molecule is COc1cccc(OC)c1OCC(O)CN. The number of methoxy groups -OCH3 is 2. The first-order chi connectivity index (χ1) is 7.72. The number of ether oxygens (including phenoxy) is 3. The van der Waals surface area contributed by atoms with E-state index in [2.05, 4.69) is 0 Å². The van der Waals surface area contributed by atoms with Crippen LogP contribution in [0.15, 0.2) is 18.2 Å². The van der Waals surface area contributed by atoms with E-state index in [1.807, 2.05) is 0 Å². The van der Waals surface area contributed by atoms with Crippen LogP contribution in [0.2, 0.25) is 0 Å². The Morgan fingerprint density at radius 1 is 1.25 bits per heavy atom. The number of aliphatic hydroxyl groups excluding tert-OH is 1. The fourth-order valence-corrected chi connectivity index (χ4v) is 1.21. The highest BCUT2D eigenvalue weighted by Gasteiger charge is 2.12. The van der Waals surface area contributed by atoms with E-state index in [1.54, 1.807) is 32.4 Å². The number of benzene rings is 1. The van der Waals surface area contributed by atoms with Gasteiger partial charge in [0.05, 0.1) is 14.2 Å². The van der Waals surface area contributed by atoms with Gasteiger partial charge in [-0.05, 0) is 12.1 Å². The van der Waals surface area contributed by atoms with Gasteiger partial charge in [-0.2, -0.15) is 0 Å². The van der Waals surface area contributed by atoms with Crippen LogP contribution in [0.3, 0.4) is 0 Å². The second-order valence-electron chi connectivity index (χ2n) is 3.19. The number of para-hydroxylation sites is 1. The monoisotopic (exact) mass is 227 g/mol. The van der Waals surface area contributed by atoms with Crippen LogP contribution in [0.4, 0.5) is 0 Å². The first-order valence-electron chi connectivity index (χ1n) is 4.94. The smallest absolute Gasteiger partial charge is 0.203 e. The molecule has 0 aliphatic rings. The second-order valence-corrected chi connectivity index (χ2v) is 3.19. The lowest BCUT2D eigenvalue weighted by Crippen LogP contribution is -2.26. The summed E-state index contributed by atoms with van der Waals surface area (Å²) < 4.78 is 15.7. The van der Waals surface area contributed by atoms with Gasteiger partial charge in [0.15, 0.2) is 11.5 Å². The minimum Gasteiger partial charge on any atom is -0.493 e. The number of nitrogens with two attached hydrogens (primary N) is 1. The van der Waals surface area contributed by atoms with Gasteiger partial charge in [0.1, 0.15) is 12.7 Å². The maximum Gasteiger partial charge on any atom is 0.203 e. The molecule has 1 aromatic rings. The molecule has 1 atom stereocenters. The Kier molecular flexibility index (Phi) is 4.88. The van der Waals surface area contributed by atoms with Crippen molar-refractivity contribution in [3.8, 4) is 17.2 Å². The van der Waals surface area contributed by atoms with Gasteiger partial charge in [-0.3, -0.25) is 0 Å². The first kappa shape index (κ1) is 12.6. The van der Waals surface area contributed by atoms with Gasteiger partial charge in [-0.15, -0.1) is 0 Å². The third kappa shape index (κ3) is 3.01. The summed E-state index contributed by atoms with van der Waals surface area (Å²) in [5, 5.41) is 9.31. The molecule has 0 amide bonds. The van der Waals surface area contributed by atoms with E-state index in [4.69, 9.17) is 19.9 Å². The Balaban J connectivity index is 2.82. The number of hydrogen-bond donors (Lipinski definition) is 2. The van der Waals surface area contributed by atoms with Crippen LogP contribution >= 0.6 is 0 Å². The van der Waals surface area contributed by atoms with Crippen molar-refractivity contribution in [3.05, 3.63) is 18.2 Å². The number of rotatable bonds is 6. The van der Waals surface area contributed by atoms with Crippen molar-refractivity contribution in [2.75, 3.05) is 27.4 Å². The van der Waals surface area contributed by atoms with Crippen molar-refractivity contribution in [1.29, 1.82) is 0 Å². The van der Waals surface area contributed by atoms with Crippen molar-refractivity contribution in [2.45, 2.75) is 6.10 Å². The molecule has 1 rings (SSSR count). The predicted molar refractivity (Wildman–Crippen MR) is 60.1 cm³/mol. The third-order valence-electron chi connectivity index (χ3n) is 2.07. The molecule has 1 aromatic carbocycles. The maximum absolute atomic E-state index is 9.31. The van der Waals surface area contributed by atoms with Crippen LogP contribution in [-0.4, -0.2) is 38.6 Å². The molecule has 0 spiro atoms. The molecule has 3 N–H and O–H groups in total. The van der Waals surface area contributed by atoms with Crippen molar-refractivity contribution < 1.29 is 19.3 Å². The molecular formula is C11H17NO4. The Labute approximate surface area is 94.7 Å². The molecule has 0 saturated heterocycles. The molecule has 1 unspecified atom stereocenters. The van der Waals surface area contributed by atoms with E-state index in [9.17, 15) is 5.11 Å². The van der Waals surface area contributed by atoms with Gasteiger partial charge < -0.3 is 25.1 Å². The zero-order valence-electron chi connectivity index (χ0n) is 9.47. The Bertz CT molecular complexity index is 308. The van der Waals surface area contributed by atoms with Crippen LogP contribution in [0, 0.1) is 0 Å². The fourth-order valence-electron chi connectivity index (χ4n) is 1.21. The first-order valence-corrected chi connectivity index (χ1v) is 4.94. The Morgan fingerprint density at radius 2 is 1.81 bits per heavy atom. The molecule has 16 heavy (non-hydrogen) atoms. The molecule has 0 saturated carbocycles. The van der Waals surface area contributed by atoms with Gasteiger partial charge >= 0.3 is 0 Å². The summed E-state index contributed by atoms with van der Waals surface area (Å²) >= 11 is 0. The van der Waals surface area contributed by atoms with Crippen molar-refractivity contribution in [3.63, 3.8) is 0 Å². The van der Waals surface area contributed by atoms with Gasteiger partial charge in [-0.25, -0.2) is 0 Å². The van der Waals surface area contributed by atoms with E-state index >= 15 is 0 Å². The molecule has 0 fully saturated rings.